The number of anilines is 4. The second-order valence-corrected chi connectivity index (χ2v) is 7.50. The number of benzene rings is 2. The highest BCUT2D eigenvalue weighted by Gasteiger charge is 2.27. The highest BCUT2D eigenvalue weighted by Crippen LogP contribution is 2.32. The van der Waals surface area contributed by atoms with E-state index >= 15 is 0 Å². The van der Waals surface area contributed by atoms with Crippen LogP contribution in [0.1, 0.15) is 31.7 Å². The SMILES string of the molecule is CC(C(=O)Nc1ccc(N2CCCC2=O)cc1)N1CCCc2c(N)cccc21.Cl. The van der Waals surface area contributed by atoms with E-state index in [4.69, 9.17) is 5.73 Å². The van der Waals surface area contributed by atoms with Gasteiger partial charge in [0, 0.05) is 42.3 Å². The Morgan fingerprint density at radius 1 is 1.07 bits per heavy atom. The predicted molar refractivity (Wildman–Crippen MR) is 120 cm³/mol. The van der Waals surface area contributed by atoms with Crippen LogP contribution in [0.15, 0.2) is 42.5 Å². The number of nitrogens with one attached hydrogen (secondary N) is 1. The first-order valence-electron chi connectivity index (χ1n) is 9.90. The molecule has 29 heavy (non-hydrogen) atoms. The van der Waals surface area contributed by atoms with Crippen molar-refractivity contribution in [2.75, 3.05) is 33.9 Å². The van der Waals surface area contributed by atoms with Gasteiger partial charge in [0.05, 0.1) is 0 Å². The van der Waals surface area contributed by atoms with Crippen molar-refractivity contribution in [3.8, 4) is 0 Å². The Labute approximate surface area is 177 Å². The maximum Gasteiger partial charge on any atom is 0.246 e. The van der Waals surface area contributed by atoms with E-state index in [2.05, 4.69) is 10.2 Å². The quantitative estimate of drug-likeness (QED) is 0.749. The maximum absolute atomic E-state index is 12.9. The molecule has 2 heterocycles. The summed E-state index contributed by atoms with van der Waals surface area (Å²) in [5.41, 5.74) is 10.7. The standard InChI is InChI=1S/C22H26N4O2.ClH/c1-15(25-13-3-5-18-19(23)6-2-7-20(18)25)22(28)24-16-9-11-17(12-10-16)26-14-4-8-21(26)27;/h2,6-7,9-12,15H,3-5,8,13-14,23H2,1H3,(H,24,28);1H. The fraction of sp³-hybridized carbons (Fsp3) is 0.364. The highest BCUT2D eigenvalue weighted by molar-refractivity contribution is 5.98. The summed E-state index contributed by atoms with van der Waals surface area (Å²) in [7, 11) is 0. The Kier molecular flexibility index (Phi) is 6.33. The molecule has 2 aromatic carbocycles. The van der Waals surface area contributed by atoms with Crippen LogP contribution >= 0.6 is 12.4 Å². The van der Waals surface area contributed by atoms with Crippen LogP contribution in [0, 0.1) is 0 Å². The molecule has 0 radical (unpaired) electrons. The van der Waals surface area contributed by atoms with Crippen molar-refractivity contribution in [1.82, 2.24) is 0 Å². The zero-order valence-electron chi connectivity index (χ0n) is 16.6. The summed E-state index contributed by atoms with van der Waals surface area (Å²) >= 11 is 0. The predicted octanol–water partition coefficient (Wildman–Crippen LogP) is 3.60. The zero-order chi connectivity index (χ0) is 19.7. The van der Waals surface area contributed by atoms with E-state index in [0.717, 1.165) is 60.7 Å². The van der Waals surface area contributed by atoms with Crippen molar-refractivity contribution in [2.45, 2.75) is 38.6 Å². The van der Waals surface area contributed by atoms with Gasteiger partial charge in [-0.25, -0.2) is 0 Å². The van der Waals surface area contributed by atoms with Gasteiger partial charge in [-0.05, 0) is 68.1 Å². The number of nitrogen functional groups attached to an aromatic ring is 1. The third kappa shape index (κ3) is 4.17. The molecule has 1 unspecified atom stereocenters. The van der Waals surface area contributed by atoms with Gasteiger partial charge in [-0.2, -0.15) is 0 Å². The molecular weight excluding hydrogens is 388 g/mol. The van der Waals surface area contributed by atoms with Gasteiger partial charge in [-0.1, -0.05) is 6.07 Å². The van der Waals surface area contributed by atoms with Crippen LogP contribution in [0.2, 0.25) is 0 Å². The minimum Gasteiger partial charge on any atom is -0.398 e. The van der Waals surface area contributed by atoms with Crippen molar-refractivity contribution < 1.29 is 9.59 Å². The first-order valence-corrected chi connectivity index (χ1v) is 9.90. The van der Waals surface area contributed by atoms with Gasteiger partial charge < -0.3 is 20.9 Å². The Morgan fingerprint density at radius 2 is 1.79 bits per heavy atom. The lowest BCUT2D eigenvalue weighted by Gasteiger charge is -2.36. The molecular formula is C22H27ClN4O2. The second kappa shape index (κ2) is 8.74. The van der Waals surface area contributed by atoms with Crippen molar-refractivity contribution in [3.05, 3.63) is 48.0 Å². The second-order valence-electron chi connectivity index (χ2n) is 7.50. The number of fused-ring (bicyclic) bond motifs is 1. The number of hydrogen-bond acceptors (Lipinski definition) is 4. The number of carbonyl (C=O) groups excluding carboxylic acids is 2. The Hall–Kier alpha value is -2.73. The topological polar surface area (TPSA) is 78.7 Å². The van der Waals surface area contributed by atoms with Gasteiger partial charge >= 0.3 is 0 Å². The first-order chi connectivity index (χ1) is 13.5. The van der Waals surface area contributed by atoms with E-state index in [1.165, 1.54) is 0 Å². The summed E-state index contributed by atoms with van der Waals surface area (Å²) in [5, 5.41) is 3.00. The third-order valence-corrected chi connectivity index (χ3v) is 5.69. The van der Waals surface area contributed by atoms with E-state index in [1.807, 2.05) is 49.4 Å². The van der Waals surface area contributed by atoms with Crippen molar-refractivity contribution in [3.63, 3.8) is 0 Å². The average molecular weight is 415 g/mol. The van der Waals surface area contributed by atoms with Gasteiger partial charge in [-0.15, -0.1) is 12.4 Å². The first kappa shape index (κ1) is 21.0. The third-order valence-electron chi connectivity index (χ3n) is 5.69. The fourth-order valence-electron chi connectivity index (χ4n) is 4.12. The monoisotopic (exact) mass is 414 g/mol. The Balaban J connectivity index is 0.00000240. The van der Waals surface area contributed by atoms with Gasteiger partial charge in [0.15, 0.2) is 0 Å². The molecule has 3 N–H and O–H groups in total. The molecule has 1 atom stereocenters. The molecule has 4 rings (SSSR count). The summed E-state index contributed by atoms with van der Waals surface area (Å²) in [6.07, 6.45) is 3.44. The molecule has 0 saturated carbocycles. The molecule has 2 amide bonds. The van der Waals surface area contributed by atoms with Crippen molar-refractivity contribution in [1.29, 1.82) is 0 Å². The molecule has 1 fully saturated rings. The summed E-state index contributed by atoms with van der Waals surface area (Å²) in [6.45, 7) is 3.52. The molecule has 1 saturated heterocycles. The van der Waals surface area contributed by atoms with Crippen LogP contribution in [0.3, 0.4) is 0 Å². The van der Waals surface area contributed by atoms with Crippen LogP contribution in [-0.2, 0) is 16.0 Å². The lowest BCUT2D eigenvalue weighted by atomic mass is 9.98. The van der Waals surface area contributed by atoms with Crippen LogP contribution in [-0.4, -0.2) is 30.9 Å². The van der Waals surface area contributed by atoms with Crippen molar-refractivity contribution in [2.24, 2.45) is 0 Å². The molecule has 0 aromatic heterocycles. The number of nitrogens with two attached hydrogens (primary N) is 1. The Morgan fingerprint density at radius 3 is 2.48 bits per heavy atom. The average Bonchev–Trinajstić information content (AvgIpc) is 3.14. The van der Waals surface area contributed by atoms with Crippen molar-refractivity contribution >= 4 is 47.0 Å². The number of rotatable bonds is 4. The van der Waals surface area contributed by atoms with Gasteiger partial charge in [0.25, 0.3) is 0 Å². The zero-order valence-corrected chi connectivity index (χ0v) is 17.4. The molecule has 6 nitrogen and oxygen atoms in total. The maximum atomic E-state index is 12.9. The number of hydrogen-bond donors (Lipinski definition) is 2. The van der Waals surface area contributed by atoms with Gasteiger partial charge in [0.2, 0.25) is 11.8 Å². The number of nitrogens with zero attached hydrogens (tertiary/aromatic N) is 2. The summed E-state index contributed by atoms with van der Waals surface area (Å²) in [6, 6.07) is 13.1. The van der Waals surface area contributed by atoms with Crippen LogP contribution in [0.4, 0.5) is 22.7 Å². The highest BCUT2D eigenvalue weighted by atomic mass is 35.5. The Bertz CT molecular complexity index is 900. The molecule has 7 heteroatoms. The lowest BCUT2D eigenvalue weighted by molar-refractivity contribution is -0.117. The minimum absolute atomic E-state index is 0. The normalized spacial score (nSPS) is 16.8. The van der Waals surface area contributed by atoms with E-state index < -0.39 is 0 Å². The molecule has 0 bridgehead atoms. The minimum atomic E-state index is -0.305. The van der Waals surface area contributed by atoms with Crippen LogP contribution in [0.5, 0.6) is 0 Å². The molecule has 154 valence electrons. The lowest BCUT2D eigenvalue weighted by Crippen LogP contribution is -2.44. The molecule has 2 aliphatic heterocycles. The summed E-state index contributed by atoms with van der Waals surface area (Å²) in [5.74, 6) is 0.105. The largest absolute Gasteiger partial charge is 0.398 e. The fourth-order valence-corrected chi connectivity index (χ4v) is 4.12. The van der Waals surface area contributed by atoms with Gasteiger partial charge in [-0.3, -0.25) is 9.59 Å². The van der Waals surface area contributed by atoms with Gasteiger partial charge in [0.1, 0.15) is 6.04 Å². The molecule has 2 aliphatic rings. The van der Waals surface area contributed by atoms with E-state index in [0.29, 0.717) is 6.42 Å². The van der Waals surface area contributed by atoms with E-state index in [-0.39, 0.29) is 30.3 Å². The summed E-state index contributed by atoms with van der Waals surface area (Å²) < 4.78 is 0. The summed E-state index contributed by atoms with van der Waals surface area (Å²) in [4.78, 5) is 28.6. The van der Waals surface area contributed by atoms with Crippen LogP contribution in [0.25, 0.3) is 0 Å². The number of halogens is 1. The molecule has 0 spiro atoms. The smallest absolute Gasteiger partial charge is 0.246 e. The number of carbonyl (C=O) groups is 2. The van der Waals surface area contributed by atoms with E-state index in [9.17, 15) is 9.59 Å². The molecule has 2 aromatic rings. The number of amides is 2. The molecule has 0 aliphatic carbocycles. The van der Waals surface area contributed by atoms with E-state index in [1.54, 1.807) is 4.90 Å². The van der Waals surface area contributed by atoms with Crippen LogP contribution < -0.4 is 20.9 Å².